The summed E-state index contributed by atoms with van der Waals surface area (Å²) < 4.78 is 0. The molecule has 2 heteroatoms. The van der Waals surface area contributed by atoms with Crippen LogP contribution < -0.4 is 5.32 Å². The Morgan fingerprint density at radius 3 is 2.40 bits per heavy atom. The summed E-state index contributed by atoms with van der Waals surface area (Å²) in [6.07, 6.45) is 4.66. The molecule has 1 saturated carbocycles. The van der Waals surface area contributed by atoms with Gasteiger partial charge in [-0.2, -0.15) is 0 Å². The molecule has 1 aliphatic rings. The van der Waals surface area contributed by atoms with Gasteiger partial charge in [0, 0.05) is 11.1 Å². The highest BCUT2D eigenvalue weighted by Crippen LogP contribution is 2.29. The maximum atomic E-state index is 11.9. The molecule has 0 spiro atoms. The number of amides is 1. The first kappa shape index (κ1) is 10.2. The lowest BCUT2D eigenvalue weighted by Gasteiger charge is -2.25. The summed E-state index contributed by atoms with van der Waals surface area (Å²) in [5, 5.41) is 3.13. The van der Waals surface area contributed by atoms with Gasteiger partial charge in [-0.1, -0.05) is 31.0 Å². The third-order valence-electron chi connectivity index (χ3n) is 3.16. The number of hydrogen-bond donors (Lipinski definition) is 1. The van der Waals surface area contributed by atoms with E-state index in [1.807, 2.05) is 30.3 Å². The van der Waals surface area contributed by atoms with Crippen molar-refractivity contribution in [2.75, 3.05) is 0 Å². The van der Waals surface area contributed by atoms with Gasteiger partial charge < -0.3 is 5.32 Å². The summed E-state index contributed by atoms with van der Waals surface area (Å²) >= 11 is 0. The van der Waals surface area contributed by atoms with E-state index < -0.39 is 0 Å². The Hall–Kier alpha value is -1.31. The monoisotopic (exact) mass is 203 g/mol. The number of hydrogen-bond acceptors (Lipinski definition) is 1. The molecule has 1 N–H and O–H groups in total. The molecule has 15 heavy (non-hydrogen) atoms. The zero-order valence-corrected chi connectivity index (χ0v) is 9.12. The minimum absolute atomic E-state index is 0.0208. The maximum absolute atomic E-state index is 11.9. The van der Waals surface area contributed by atoms with Gasteiger partial charge in [-0.25, -0.2) is 0 Å². The lowest BCUT2D eigenvalue weighted by Crippen LogP contribution is -2.43. The van der Waals surface area contributed by atoms with Crippen LogP contribution in [0, 0.1) is 0 Å². The molecule has 2 rings (SSSR count). The quantitative estimate of drug-likeness (QED) is 0.786. The Kier molecular flexibility index (Phi) is 2.76. The van der Waals surface area contributed by atoms with Crippen molar-refractivity contribution >= 4 is 5.91 Å². The third-order valence-corrected chi connectivity index (χ3v) is 3.16. The van der Waals surface area contributed by atoms with Crippen LogP contribution in [0.4, 0.5) is 0 Å². The molecule has 0 radical (unpaired) electrons. The molecule has 0 aliphatic heterocycles. The fourth-order valence-corrected chi connectivity index (χ4v) is 2.22. The zero-order valence-electron chi connectivity index (χ0n) is 9.12. The predicted octanol–water partition coefficient (Wildman–Crippen LogP) is 2.75. The van der Waals surface area contributed by atoms with Crippen LogP contribution in [-0.2, 0) is 0 Å². The first-order chi connectivity index (χ1) is 7.20. The molecule has 1 aromatic carbocycles. The van der Waals surface area contributed by atoms with Crippen molar-refractivity contribution in [1.82, 2.24) is 5.32 Å². The largest absolute Gasteiger partial charge is 0.347 e. The first-order valence-corrected chi connectivity index (χ1v) is 5.57. The van der Waals surface area contributed by atoms with Gasteiger partial charge in [0.15, 0.2) is 0 Å². The second-order valence-corrected chi connectivity index (χ2v) is 4.59. The van der Waals surface area contributed by atoms with Gasteiger partial charge in [-0.05, 0) is 31.9 Å². The van der Waals surface area contributed by atoms with Crippen molar-refractivity contribution in [2.45, 2.75) is 38.1 Å². The van der Waals surface area contributed by atoms with E-state index in [0.717, 1.165) is 18.4 Å². The fraction of sp³-hybridized carbons (Fsp3) is 0.462. The topological polar surface area (TPSA) is 29.1 Å². The molecule has 1 aromatic rings. The summed E-state index contributed by atoms with van der Waals surface area (Å²) in [6.45, 7) is 2.14. The molecule has 1 amide bonds. The van der Waals surface area contributed by atoms with E-state index in [-0.39, 0.29) is 11.4 Å². The number of nitrogens with one attached hydrogen (secondary N) is 1. The number of carbonyl (C=O) groups is 1. The average Bonchev–Trinajstić information content (AvgIpc) is 2.66. The van der Waals surface area contributed by atoms with Crippen LogP contribution in [0.25, 0.3) is 0 Å². The highest BCUT2D eigenvalue weighted by Gasteiger charge is 2.30. The Bertz CT molecular complexity index is 339. The minimum Gasteiger partial charge on any atom is -0.347 e. The predicted molar refractivity (Wildman–Crippen MR) is 60.8 cm³/mol. The normalized spacial score (nSPS) is 18.7. The number of carbonyl (C=O) groups excluding carboxylic acids is 1. The van der Waals surface area contributed by atoms with Crippen LogP contribution >= 0.6 is 0 Å². The Morgan fingerprint density at radius 1 is 1.20 bits per heavy atom. The number of rotatable bonds is 2. The lowest BCUT2D eigenvalue weighted by molar-refractivity contribution is 0.0908. The van der Waals surface area contributed by atoms with Gasteiger partial charge in [0.2, 0.25) is 0 Å². The van der Waals surface area contributed by atoms with Crippen LogP contribution in [0.5, 0.6) is 0 Å². The highest BCUT2D eigenvalue weighted by atomic mass is 16.1. The van der Waals surface area contributed by atoms with Gasteiger partial charge in [0.25, 0.3) is 5.91 Å². The van der Waals surface area contributed by atoms with Crippen LogP contribution in [0.15, 0.2) is 30.3 Å². The lowest BCUT2D eigenvalue weighted by atomic mass is 10.00. The van der Waals surface area contributed by atoms with Crippen molar-refractivity contribution in [3.63, 3.8) is 0 Å². The summed E-state index contributed by atoms with van der Waals surface area (Å²) in [5.74, 6) is 0.0556. The molecular formula is C13H17NO. The van der Waals surface area contributed by atoms with Crippen LogP contribution in [0.1, 0.15) is 43.0 Å². The molecule has 0 bridgehead atoms. The Labute approximate surface area is 90.7 Å². The summed E-state index contributed by atoms with van der Waals surface area (Å²) in [6, 6.07) is 9.42. The van der Waals surface area contributed by atoms with Gasteiger partial charge in [0.05, 0.1) is 0 Å². The number of benzene rings is 1. The van der Waals surface area contributed by atoms with Crippen molar-refractivity contribution in [2.24, 2.45) is 0 Å². The van der Waals surface area contributed by atoms with Gasteiger partial charge in [-0.15, -0.1) is 0 Å². The van der Waals surface area contributed by atoms with Crippen molar-refractivity contribution in [1.29, 1.82) is 0 Å². The van der Waals surface area contributed by atoms with E-state index in [1.54, 1.807) is 0 Å². The summed E-state index contributed by atoms with van der Waals surface area (Å²) in [4.78, 5) is 11.9. The maximum Gasteiger partial charge on any atom is 0.251 e. The van der Waals surface area contributed by atoms with Crippen LogP contribution in [-0.4, -0.2) is 11.4 Å². The van der Waals surface area contributed by atoms with E-state index >= 15 is 0 Å². The summed E-state index contributed by atoms with van der Waals surface area (Å²) in [7, 11) is 0. The second kappa shape index (κ2) is 4.05. The summed E-state index contributed by atoms with van der Waals surface area (Å²) in [5.41, 5.74) is 0.776. The molecule has 0 heterocycles. The molecule has 1 aliphatic carbocycles. The minimum atomic E-state index is 0.0208. The second-order valence-electron chi connectivity index (χ2n) is 4.59. The SMILES string of the molecule is CC1(NC(=O)c2ccccc2)CCCC1. The third kappa shape index (κ3) is 2.38. The van der Waals surface area contributed by atoms with Crippen molar-refractivity contribution < 1.29 is 4.79 Å². The van der Waals surface area contributed by atoms with E-state index in [2.05, 4.69) is 12.2 Å². The molecule has 0 atom stereocenters. The smallest absolute Gasteiger partial charge is 0.251 e. The molecule has 0 saturated heterocycles. The van der Waals surface area contributed by atoms with Crippen LogP contribution in [0.2, 0.25) is 0 Å². The molecule has 0 aromatic heterocycles. The molecule has 80 valence electrons. The first-order valence-electron chi connectivity index (χ1n) is 5.57. The van der Waals surface area contributed by atoms with E-state index in [4.69, 9.17) is 0 Å². The Morgan fingerprint density at radius 2 is 1.80 bits per heavy atom. The molecule has 0 unspecified atom stereocenters. The van der Waals surface area contributed by atoms with Crippen molar-refractivity contribution in [3.05, 3.63) is 35.9 Å². The zero-order chi connectivity index (χ0) is 10.7. The molecule has 2 nitrogen and oxygen atoms in total. The molecule has 1 fully saturated rings. The highest BCUT2D eigenvalue weighted by molar-refractivity contribution is 5.94. The van der Waals surface area contributed by atoms with Gasteiger partial charge in [0.1, 0.15) is 0 Å². The Balaban J connectivity index is 2.04. The van der Waals surface area contributed by atoms with E-state index in [0.29, 0.717) is 0 Å². The van der Waals surface area contributed by atoms with E-state index in [9.17, 15) is 4.79 Å². The van der Waals surface area contributed by atoms with Crippen molar-refractivity contribution in [3.8, 4) is 0 Å². The molecular weight excluding hydrogens is 186 g/mol. The van der Waals surface area contributed by atoms with Gasteiger partial charge in [-0.3, -0.25) is 4.79 Å². The van der Waals surface area contributed by atoms with E-state index in [1.165, 1.54) is 12.8 Å². The fourth-order valence-electron chi connectivity index (χ4n) is 2.22. The standard InChI is InChI=1S/C13H17NO/c1-13(9-5-6-10-13)14-12(15)11-7-3-2-4-8-11/h2-4,7-8H,5-6,9-10H2,1H3,(H,14,15). The van der Waals surface area contributed by atoms with Crippen LogP contribution in [0.3, 0.4) is 0 Å². The average molecular weight is 203 g/mol. The van der Waals surface area contributed by atoms with Gasteiger partial charge >= 0.3 is 0 Å².